The molecule has 2 rings (SSSR count). The summed E-state index contributed by atoms with van der Waals surface area (Å²) in [4.78, 5) is 18.9. The Hall–Kier alpha value is -2.90. The summed E-state index contributed by atoms with van der Waals surface area (Å²) in [5.74, 6) is 1.19. The molecule has 1 aromatic heterocycles. The first-order valence-electron chi connectivity index (χ1n) is 6.75. The van der Waals surface area contributed by atoms with E-state index in [1.165, 1.54) is 0 Å². The van der Waals surface area contributed by atoms with Crippen molar-refractivity contribution in [1.82, 2.24) is 9.97 Å². The van der Waals surface area contributed by atoms with Crippen LogP contribution in [0.15, 0.2) is 24.3 Å². The summed E-state index contributed by atoms with van der Waals surface area (Å²) < 4.78 is 5.36. The van der Waals surface area contributed by atoms with Gasteiger partial charge in [0.25, 0.3) is 0 Å². The van der Waals surface area contributed by atoms with Crippen molar-refractivity contribution >= 4 is 23.1 Å². The Morgan fingerprint density at radius 1 is 1.27 bits per heavy atom. The molecule has 2 aromatic rings. The molecule has 0 saturated carbocycles. The molecule has 1 aromatic carbocycles. The van der Waals surface area contributed by atoms with Crippen LogP contribution >= 0.6 is 0 Å². The molecular formula is C14H17N5O3. The van der Waals surface area contributed by atoms with E-state index >= 15 is 0 Å². The smallest absolute Gasteiger partial charge is 0.332 e. The zero-order valence-corrected chi connectivity index (χ0v) is 12.6. The van der Waals surface area contributed by atoms with E-state index in [2.05, 4.69) is 20.6 Å². The predicted octanol–water partition coefficient (Wildman–Crippen LogP) is 2.88. The molecule has 0 unspecified atom stereocenters. The zero-order chi connectivity index (χ0) is 16.1. The molecule has 0 fully saturated rings. The van der Waals surface area contributed by atoms with Crippen molar-refractivity contribution in [3.63, 3.8) is 0 Å². The van der Waals surface area contributed by atoms with Gasteiger partial charge < -0.3 is 15.4 Å². The van der Waals surface area contributed by atoms with Crippen LogP contribution in [-0.2, 0) is 0 Å². The average Bonchev–Trinajstić information content (AvgIpc) is 2.48. The molecular weight excluding hydrogens is 286 g/mol. The Morgan fingerprint density at radius 3 is 2.50 bits per heavy atom. The number of aromatic nitrogens is 2. The molecule has 8 nitrogen and oxygen atoms in total. The van der Waals surface area contributed by atoms with Gasteiger partial charge in [0, 0.05) is 12.7 Å². The number of nitrogens with zero attached hydrogens (tertiary/aromatic N) is 3. The van der Waals surface area contributed by atoms with E-state index in [4.69, 9.17) is 4.74 Å². The maximum atomic E-state index is 11.2. The highest BCUT2D eigenvalue weighted by molar-refractivity contribution is 5.68. The van der Waals surface area contributed by atoms with E-state index in [1.807, 2.05) is 6.92 Å². The Bertz CT molecular complexity index is 673. The van der Waals surface area contributed by atoms with E-state index in [1.54, 1.807) is 38.2 Å². The van der Waals surface area contributed by atoms with Gasteiger partial charge in [-0.1, -0.05) is 0 Å². The summed E-state index contributed by atoms with van der Waals surface area (Å²) in [5, 5.41) is 16.9. The van der Waals surface area contributed by atoms with Crippen molar-refractivity contribution in [2.24, 2.45) is 0 Å². The molecule has 0 saturated heterocycles. The first kappa shape index (κ1) is 15.5. The molecule has 0 bridgehead atoms. The molecule has 0 radical (unpaired) electrons. The van der Waals surface area contributed by atoms with Crippen LogP contribution in [0.1, 0.15) is 12.6 Å². The summed E-state index contributed by atoms with van der Waals surface area (Å²) in [6.07, 6.45) is 0. The summed E-state index contributed by atoms with van der Waals surface area (Å²) in [6.45, 7) is 4.05. The van der Waals surface area contributed by atoms with Crippen molar-refractivity contribution in [2.45, 2.75) is 13.8 Å². The minimum Gasteiger partial charge on any atom is -0.494 e. The van der Waals surface area contributed by atoms with Crippen LogP contribution in [0.5, 0.6) is 5.75 Å². The molecule has 0 spiro atoms. The fourth-order valence-corrected chi connectivity index (χ4v) is 1.92. The van der Waals surface area contributed by atoms with Crippen molar-refractivity contribution in [3.8, 4) is 5.75 Å². The van der Waals surface area contributed by atoms with Crippen molar-refractivity contribution < 1.29 is 9.66 Å². The Morgan fingerprint density at radius 2 is 1.95 bits per heavy atom. The Balaban J connectivity index is 2.34. The van der Waals surface area contributed by atoms with Crippen LogP contribution < -0.4 is 15.4 Å². The molecule has 0 aliphatic rings. The van der Waals surface area contributed by atoms with Crippen LogP contribution in [0.3, 0.4) is 0 Å². The summed E-state index contributed by atoms with van der Waals surface area (Å²) in [7, 11) is 1.65. The third-order valence-electron chi connectivity index (χ3n) is 2.89. The lowest BCUT2D eigenvalue weighted by Gasteiger charge is -2.10. The minimum atomic E-state index is -0.494. The van der Waals surface area contributed by atoms with Crippen molar-refractivity contribution in [1.29, 1.82) is 0 Å². The van der Waals surface area contributed by atoms with Crippen LogP contribution in [-0.4, -0.2) is 28.5 Å². The lowest BCUT2D eigenvalue weighted by atomic mass is 10.3. The molecule has 0 aliphatic heterocycles. The lowest BCUT2D eigenvalue weighted by Crippen LogP contribution is -2.07. The van der Waals surface area contributed by atoms with Crippen LogP contribution in [0, 0.1) is 17.0 Å². The van der Waals surface area contributed by atoms with E-state index in [0.29, 0.717) is 18.2 Å². The molecule has 116 valence electrons. The Kier molecular flexibility index (Phi) is 4.72. The number of benzene rings is 1. The normalized spacial score (nSPS) is 10.1. The van der Waals surface area contributed by atoms with E-state index < -0.39 is 4.92 Å². The number of rotatable bonds is 6. The number of nitro groups is 1. The van der Waals surface area contributed by atoms with Crippen LogP contribution in [0.2, 0.25) is 0 Å². The van der Waals surface area contributed by atoms with E-state index in [0.717, 1.165) is 5.75 Å². The highest BCUT2D eigenvalue weighted by Crippen LogP contribution is 2.29. The standard InChI is InChI=1S/C14H17N5O3/c1-4-22-11-7-5-10(6-8-11)17-13-12(19(20)21)9(2)16-14(15-3)18-13/h5-8H,4H2,1-3H3,(H2,15,16,17,18). The third kappa shape index (κ3) is 3.40. The predicted molar refractivity (Wildman–Crippen MR) is 83.9 cm³/mol. The van der Waals surface area contributed by atoms with Gasteiger partial charge in [-0.2, -0.15) is 4.98 Å². The second-order valence-electron chi connectivity index (χ2n) is 4.42. The van der Waals surface area contributed by atoms with Gasteiger partial charge in [0.1, 0.15) is 11.4 Å². The highest BCUT2D eigenvalue weighted by Gasteiger charge is 2.22. The first-order valence-corrected chi connectivity index (χ1v) is 6.75. The molecule has 0 amide bonds. The summed E-state index contributed by atoms with van der Waals surface area (Å²) in [6, 6.07) is 7.10. The van der Waals surface area contributed by atoms with Crippen molar-refractivity contribution in [2.75, 3.05) is 24.3 Å². The second-order valence-corrected chi connectivity index (χ2v) is 4.42. The Labute approximate surface area is 127 Å². The molecule has 22 heavy (non-hydrogen) atoms. The molecule has 0 aliphatic carbocycles. The highest BCUT2D eigenvalue weighted by atomic mass is 16.6. The minimum absolute atomic E-state index is 0.144. The monoisotopic (exact) mass is 303 g/mol. The maximum absolute atomic E-state index is 11.2. The van der Waals surface area contributed by atoms with Gasteiger partial charge in [0.05, 0.1) is 11.5 Å². The number of nitrogens with one attached hydrogen (secondary N) is 2. The van der Waals surface area contributed by atoms with E-state index in [9.17, 15) is 10.1 Å². The fraction of sp³-hybridized carbons (Fsp3) is 0.286. The van der Waals surface area contributed by atoms with Crippen LogP contribution in [0.4, 0.5) is 23.1 Å². The quantitative estimate of drug-likeness (QED) is 0.624. The topological polar surface area (TPSA) is 102 Å². The number of ether oxygens (including phenoxy) is 1. The second kappa shape index (κ2) is 6.70. The largest absolute Gasteiger partial charge is 0.494 e. The lowest BCUT2D eigenvalue weighted by molar-refractivity contribution is -0.385. The number of hydrogen-bond acceptors (Lipinski definition) is 7. The summed E-state index contributed by atoms with van der Waals surface area (Å²) >= 11 is 0. The molecule has 8 heteroatoms. The van der Waals surface area contributed by atoms with Crippen molar-refractivity contribution in [3.05, 3.63) is 40.1 Å². The summed E-state index contributed by atoms with van der Waals surface area (Å²) in [5.41, 5.74) is 0.817. The number of hydrogen-bond donors (Lipinski definition) is 2. The molecule has 2 N–H and O–H groups in total. The number of aryl methyl sites for hydroxylation is 1. The van der Waals surface area contributed by atoms with E-state index in [-0.39, 0.29) is 17.2 Å². The van der Waals surface area contributed by atoms with Crippen LogP contribution in [0.25, 0.3) is 0 Å². The molecule has 1 heterocycles. The first-order chi connectivity index (χ1) is 10.5. The van der Waals surface area contributed by atoms with Gasteiger partial charge in [0.15, 0.2) is 0 Å². The van der Waals surface area contributed by atoms with Gasteiger partial charge in [0.2, 0.25) is 11.8 Å². The maximum Gasteiger partial charge on any atom is 0.332 e. The number of anilines is 3. The third-order valence-corrected chi connectivity index (χ3v) is 2.89. The van der Waals surface area contributed by atoms with Gasteiger partial charge in [-0.3, -0.25) is 10.1 Å². The van der Waals surface area contributed by atoms with Gasteiger partial charge in [-0.15, -0.1) is 0 Å². The average molecular weight is 303 g/mol. The van der Waals surface area contributed by atoms with Gasteiger partial charge in [-0.25, -0.2) is 4.98 Å². The zero-order valence-electron chi connectivity index (χ0n) is 12.6. The fourth-order valence-electron chi connectivity index (χ4n) is 1.92. The van der Waals surface area contributed by atoms with Gasteiger partial charge >= 0.3 is 5.69 Å². The molecule has 0 atom stereocenters. The van der Waals surface area contributed by atoms with Gasteiger partial charge in [-0.05, 0) is 38.1 Å². The SMILES string of the molecule is CCOc1ccc(Nc2nc(NC)nc(C)c2[N+](=O)[O-])cc1.